The second-order valence-electron chi connectivity index (χ2n) is 7.26. The molecule has 6 nitrogen and oxygen atoms in total. The molecule has 2 amide bonds. The van der Waals surface area contributed by atoms with E-state index < -0.39 is 0 Å². The van der Waals surface area contributed by atoms with Gasteiger partial charge in [-0.15, -0.1) is 0 Å². The average molecular weight is 328 g/mol. The minimum absolute atomic E-state index is 0.00328. The number of urea groups is 1. The van der Waals surface area contributed by atoms with Gasteiger partial charge in [0.1, 0.15) is 0 Å². The van der Waals surface area contributed by atoms with Crippen LogP contribution in [0, 0.1) is 0 Å². The van der Waals surface area contributed by atoms with Gasteiger partial charge in [0.25, 0.3) is 0 Å². The average Bonchev–Trinajstić information content (AvgIpc) is 3.04. The lowest BCUT2D eigenvalue weighted by atomic mass is 9.97. The molecule has 0 unspecified atom stereocenters. The third kappa shape index (κ3) is 3.93. The number of carbonyl (C=O) groups is 1. The molecule has 1 aliphatic heterocycles. The predicted octanol–water partition coefficient (Wildman–Crippen LogP) is 3.42. The summed E-state index contributed by atoms with van der Waals surface area (Å²) in [5.74, 6) is 1.51. The van der Waals surface area contributed by atoms with Crippen LogP contribution in [0.5, 0.6) is 0 Å². The molecule has 0 bridgehead atoms. The van der Waals surface area contributed by atoms with E-state index in [1.807, 2.05) is 56.0 Å². The van der Waals surface area contributed by atoms with Gasteiger partial charge in [0, 0.05) is 30.1 Å². The van der Waals surface area contributed by atoms with Gasteiger partial charge in [-0.05, 0) is 33.6 Å². The normalized spacial score (nSPS) is 16.2. The van der Waals surface area contributed by atoms with Crippen molar-refractivity contribution in [3.63, 3.8) is 0 Å². The van der Waals surface area contributed by atoms with Gasteiger partial charge in [-0.3, -0.25) is 0 Å². The Bertz CT molecular complexity index is 683. The number of hydrogen-bond acceptors (Lipinski definition) is 4. The smallest absolute Gasteiger partial charge is 0.317 e. The first-order valence-electron chi connectivity index (χ1n) is 8.38. The minimum Gasteiger partial charge on any atom is -0.339 e. The van der Waals surface area contributed by atoms with E-state index in [1.54, 1.807) is 0 Å². The summed E-state index contributed by atoms with van der Waals surface area (Å²) < 4.78 is 5.45. The molecule has 0 spiro atoms. The number of nitrogens with zero attached hydrogens (tertiary/aromatic N) is 3. The highest BCUT2D eigenvalue weighted by Crippen LogP contribution is 2.28. The molecule has 24 heavy (non-hydrogen) atoms. The van der Waals surface area contributed by atoms with E-state index in [4.69, 9.17) is 4.52 Å². The minimum atomic E-state index is -0.217. The van der Waals surface area contributed by atoms with E-state index in [0.717, 1.165) is 18.4 Å². The molecule has 0 saturated carbocycles. The van der Waals surface area contributed by atoms with Crippen LogP contribution in [-0.4, -0.2) is 39.7 Å². The molecule has 128 valence electrons. The largest absolute Gasteiger partial charge is 0.339 e. The van der Waals surface area contributed by atoms with Gasteiger partial charge >= 0.3 is 6.03 Å². The van der Waals surface area contributed by atoms with Crippen LogP contribution >= 0.6 is 0 Å². The Hall–Kier alpha value is -2.37. The number of benzene rings is 1. The summed E-state index contributed by atoms with van der Waals surface area (Å²) in [4.78, 5) is 18.6. The Labute approximate surface area is 142 Å². The molecule has 1 saturated heterocycles. The van der Waals surface area contributed by atoms with Crippen molar-refractivity contribution in [2.75, 3.05) is 13.1 Å². The summed E-state index contributed by atoms with van der Waals surface area (Å²) in [6.45, 7) is 7.37. The first-order valence-corrected chi connectivity index (χ1v) is 8.38. The van der Waals surface area contributed by atoms with E-state index in [9.17, 15) is 4.79 Å². The highest BCUT2D eigenvalue weighted by Gasteiger charge is 2.28. The summed E-state index contributed by atoms with van der Waals surface area (Å²) in [5, 5.41) is 7.09. The van der Waals surface area contributed by atoms with Gasteiger partial charge in [-0.1, -0.05) is 35.5 Å². The quantitative estimate of drug-likeness (QED) is 0.917. The van der Waals surface area contributed by atoms with Crippen LogP contribution in [0.15, 0.2) is 34.9 Å². The topological polar surface area (TPSA) is 71.3 Å². The predicted molar refractivity (Wildman–Crippen MR) is 91.6 cm³/mol. The summed E-state index contributed by atoms with van der Waals surface area (Å²) in [5.41, 5.74) is 0.736. The van der Waals surface area contributed by atoms with Crippen LogP contribution in [0.2, 0.25) is 0 Å². The van der Waals surface area contributed by atoms with Crippen LogP contribution in [-0.2, 0) is 0 Å². The number of aromatic nitrogens is 2. The van der Waals surface area contributed by atoms with Crippen molar-refractivity contribution in [3.8, 4) is 11.4 Å². The van der Waals surface area contributed by atoms with Crippen molar-refractivity contribution < 1.29 is 9.32 Å². The summed E-state index contributed by atoms with van der Waals surface area (Å²) >= 11 is 0. The van der Waals surface area contributed by atoms with Gasteiger partial charge in [-0.2, -0.15) is 4.98 Å². The second-order valence-corrected chi connectivity index (χ2v) is 7.26. The number of piperidine rings is 1. The molecule has 2 heterocycles. The summed E-state index contributed by atoms with van der Waals surface area (Å²) in [7, 11) is 0. The van der Waals surface area contributed by atoms with Gasteiger partial charge in [-0.25, -0.2) is 4.79 Å². The maximum Gasteiger partial charge on any atom is 0.317 e. The van der Waals surface area contributed by atoms with Crippen LogP contribution < -0.4 is 5.32 Å². The molecule has 0 radical (unpaired) electrons. The third-order valence-electron chi connectivity index (χ3n) is 4.09. The van der Waals surface area contributed by atoms with Gasteiger partial charge in [0.15, 0.2) is 0 Å². The molecule has 0 atom stereocenters. The van der Waals surface area contributed by atoms with Crippen LogP contribution in [0.4, 0.5) is 4.79 Å². The molecule has 1 aromatic carbocycles. The molecule has 6 heteroatoms. The fourth-order valence-electron chi connectivity index (χ4n) is 2.83. The first kappa shape index (κ1) is 16.5. The fraction of sp³-hybridized carbons (Fsp3) is 0.500. The molecule has 1 N–H and O–H groups in total. The zero-order chi connectivity index (χ0) is 17.2. The lowest BCUT2D eigenvalue weighted by Gasteiger charge is -2.33. The number of nitrogens with one attached hydrogen (secondary N) is 1. The maximum atomic E-state index is 12.2. The molecule has 1 aliphatic rings. The summed E-state index contributed by atoms with van der Waals surface area (Å²) in [6.07, 6.45) is 1.68. The maximum absolute atomic E-state index is 12.2. The number of likely N-dealkylation sites (tertiary alicyclic amines) is 1. The number of amides is 2. The van der Waals surface area contributed by atoms with E-state index >= 15 is 0 Å². The van der Waals surface area contributed by atoms with Crippen molar-refractivity contribution >= 4 is 6.03 Å². The highest BCUT2D eigenvalue weighted by atomic mass is 16.5. The summed E-state index contributed by atoms with van der Waals surface area (Å²) in [6, 6.07) is 9.80. The van der Waals surface area contributed by atoms with E-state index in [1.165, 1.54) is 0 Å². The Balaban J connectivity index is 1.59. The Morgan fingerprint density at radius 3 is 2.50 bits per heavy atom. The molecule has 0 aliphatic carbocycles. The van der Waals surface area contributed by atoms with Crippen molar-refractivity contribution in [1.29, 1.82) is 0 Å². The van der Waals surface area contributed by atoms with Gasteiger partial charge < -0.3 is 14.7 Å². The number of carbonyl (C=O) groups excluding carboxylic acids is 1. The van der Waals surface area contributed by atoms with Gasteiger partial charge in [0.2, 0.25) is 11.7 Å². The van der Waals surface area contributed by atoms with Crippen molar-refractivity contribution in [2.45, 2.75) is 45.1 Å². The zero-order valence-electron chi connectivity index (χ0n) is 14.5. The van der Waals surface area contributed by atoms with Crippen LogP contribution in [0.1, 0.15) is 45.4 Å². The molecular formula is C18H24N4O2. The SMILES string of the molecule is CC(C)(C)NC(=O)N1CCC(c2nc(-c3ccccc3)no2)CC1. The van der Waals surface area contributed by atoms with Crippen LogP contribution in [0.3, 0.4) is 0 Å². The molecule has 1 aromatic heterocycles. The van der Waals surface area contributed by atoms with Crippen molar-refractivity contribution in [3.05, 3.63) is 36.2 Å². The van der Waals surface area contributed by atoms with Crippen molar-refractivity contribution in [1.82, 2.24) is 20.4 Å². The third-order valence-corrected chi connectivity index (χ3v) is 4.09. The Morgan fingerprint density at radius 2 is 1.88 bits per heavy atom. The monoisotopic (exact) mass is 328 g/mol. The lowest BCUT2D eigenvalue weighted by molar-refractivity contribution is 0.167. The molecule has 2 aromatic rings. The molecular weight excluding hydrogens is 304 g/mol. The van der Waals surface area contributed by atoms with E-state index in [0.29, 0.717) is 24.8 Å². The zero-order valence-corrected chi connectivity index (χ0v) is 14.5. The standard InChI is InChI=1S/C18H24N4O2/c1-18(2,3)20-17(23)22-11-9-14(10-12-22)16-19-15(21-24-16)13-7-5-4-6-8-13/h4-8,14H,9-12H2,1-3H3,(H,20,23). The Kier molecular flexibility index (Phi) is 4.55. The Morgan fingerprint density at radius 1 is 1.21 bits per heavy atom. The first-order chi connectivity index (χ1) is 11.4. The molecule has 3 rings (SSSR count). The number of rotatable bonds is 2. The fourth-order valence-corrected chi connectivity index (χ4v) is 2.83. The number of hydrogen-bond donors (Lipinski definition) is 1. The second kappa shape index (κ2) is 6.63. The highest BCUT2D eigenvalue weighted by molar-refractivity contribution is 5.75. The molecule has 1 fully saturated rings. The van der Waals surface area contributed by atoms with Crippen LogP contribution in [0.25, 0.3) is 11.4 Å². The van der Waals surface area contributed by atoms with E-state index in [-0.39, 0.29) is 17.5 Å². The van der Waals surface area contributed by atoms with Crippen molar-refractivity contribution in [2.24, 2.45) is 0 Å². The van der Waals surface area contributed by atoms with Gasteiger partial charge in [0.05, 0.1) is 0 Å². The van der Waals surface area contributed by atoms with E-state index in [2.05, 4.69) is 15.5 Å². The lowest BCUT2D eigenvalue weighted by Crippen LogP contribution is -2.50.